The molecule has 0 spiro atoms. The molecule has 1 aromatic heterocycles. The number of carbonyl (C=O) groups excluding carboxylic acids is 2. The molecule has 0 saturated carbocycles. The molecule has 0 unspecified atom stereocenters. The van der Waals surface area contributed by atoms with Crippen LogP contribution in [0.4, 0.5) is 5.69 Å². The van der Waals surface area contributed by atoms with Gasteiger partial charge in [0, 0.05) is 39.1 Å². The number of benzene rings is 1. The molecule has 29 heavy (non-hydrogen) atoms. The van der Waals surface area contributed by atoms with Crippen molar-refractivity contribution in [3.05, 3.63) is 47.4 Å². The number of furan rings is 1. The van der Waals surface area contributed by atoms with Crippen LogP contribution >= 0.6 is 0 Å². The highest BCUT2D eigenvalue weighted by atomic mass is 32.2. The van der Waals surface area contributed by atoms with Crippen LogP contribution in [-0.2, 0) is 27.7 Å². The van der Waals surface area contributed by atoms with Crippen LogP contribution in [0.15, 0.2) is 39.8 Å². The lowest BCUT2D eigenvalue weighted by atomic mass is 10.00. The van der Waals surface area contributed by atoms with E-state index in [9.17, 15) is 18.0 Å². The predicted octanol–water partition coefficient (Wildman–Crippen LogP) is 1.26. The molecular weight excluding hydrogens is 394 g/mol. The Morgan fingerprint density at radius 2 is 1.69 bits per heavy atom. The maximum atomic E-state index is 13.2. The Balaban J connectivity index is 1.36. The summed E-state index contributed by atoms with van der Waals surface area (Å²) in [5.41, 5.74) is 2.78. The van der Waals surface area contributed by atoms with Gasteiger partial charge in [0.1, 0.15) is 0 Å². The van der Waals surface area contributed by atoms with Crippen LogP contribution in [0.5, 0.6) is 0 Å². The SMILES string of the molecule is O=C(c1ccco1)N1CCN(S(=O)(=O)c2cc3c4c(c2)CCN4C(=O)CC3)CC1. The van der Waals surface area contributed by atoms with Crippen LogP contribution in [0.2, 0.25) is 0 Å². The minimum absolute atomic E-state index is 0.115. The Hall–Kier alpha value is -2.65. The monoisotopic (exact) mass is 415 g/mol. The van der Waals surface area contributed by atoms with Crippen molar-refractivity contribution in [2.45, 2.75) is 24.2 Å². The largest absolute Gasteiger partial charge is 0.459 e. The van der Waals surface area contributed by atoms with Gasteiger partial charge in [-0.3, -0.25) is 9.59 Å². The van der Waals surface area contributed by atoms with Gasteiger partial charge in [-0.2, -0.15) is 4.31 Å². The molecule has 152 valence electrons. The number of rotatable bonds is 3. The second-order valence-corrected chi connectivity index (χ2v) is 9.50. The van der Waals surface area contributed by atoms with E-state index in [1.165, 1.54) is 10.6 Å². The summed E-state index contributed by atoms with van der Waals surface area (Å²) in [5, 5.41) is 0. The molecule has 2 aromatic rings. The molecule has 1 saturated heterocycles. The fourth-order valence-electron chi connectivity index (χ4n) is 4.41. The van der Waals surface area contributed by atoms with Crippen molar-refractivity contribution in [1.29, 1.82) is 0 Å². The second-order valence-electron chi connectivity index (χ2n) is 7.56. The molecular formula is C20H21N3O5S. The number of hydrogen-bond acceptors (Lipinski definition) is 5. The molecule has 2 amide bonds. The van der Waals surface area contributed by atoms with Crippen molar-refractivity contribution in [3.8, 4) is 0 Å². The maximum absolute atomic E-state index is 13.2. The summed E-state index contributed by atoms with van der Waals surface area (Å²) in [6.07, 6.45) is 3.13. The van der Waals surface area contributed by atoms with Gasteiger partial charge in [0.25, 0.3) is 5.91 Å². The zero-order chi connectivity index (χ0) is 20.2. The first-order valence-electron chi connectivity index (χ1n) is 9.74. The van der Waals surface area contributed by atoms with E-state index in [0.29, 0.717) is 38.9 Å². The smallest absolute Gasteiger partial charge is 0.289 e. The van der Waals surface area contributed by atoms with Crippen molar-refractivity contribution in [1.82, 2.24) is 9.21 Å². The lowest BCUT2D eigenvalue weighted by molar-refractivity contribution is -0.118. The third-order valence-corrected chi connectivity index (χ3v) is 7.80. The maximum Gasteiger partial charge on any atom is 0.289 e. The van der Waals surface area contributed by atoms with Crippen LogP contribution in [-0.4, -0.2) is 62.2 Å². The van der Waals surface area contributed by atoms with Gasteiger partial charge in [0.05, 0.1) is 16.8 Å². The average Bonchev–Trinajstić information content (AvgIpc) is 3.41. The number of hydrogen-bond donors (Lipinski definition) is 0. The molecule has 3 aliphatic rings. The Morgan fingerprint density at radius 1 is 0.966 bits per heavy atom. The van der Waals surface area contributed by atoms with Crippen LogP contribution in [0.3, 0.4) is 0 Å². The highest BCUT2D eigenvalue weighted by Crippen LogP contribution is 2.39. The Morgan fingerprint density at radius 3 is 2.38 bits per heavy atom. The van der Waals surface area contributed by atoms with Crippen LogP contribution < -0.4 is 4.90 Å². The zero-order valence-electron chi connectivity index (χ0n) is 15.8. The van der Waals surface area contributed by atoms with E-state index in [1.54, 1.807) is 34.1 Å². The number of aryl methyl sites for hydroxylation is 1. The molecule has 1 fully saturated rings. The number of piperazine rings is 1. The van der Waals surface area contributed by atoms with Gasteiger partial charge < -0.3 is 14.2 Å². The second kappa shape index (κ2) is 6.70. The molecule has 0 atom stereocenters. The molecule has 0 N–H and O–H groups in total. The van der Waals surface area contributed by atoms with Gasteiger partial charge in [-0.05, 0) is 48.2 Å². The highest BCUT2D eigenvalue weighted by molar-refractivity contribution is 7.89. The van der Waals surface area contributed by atoms with Gasteiger partial charge in [-0.1, -0.05) is 0 Å². The van der Waals surface area contributed by atoms with E-state index in [2.05, 4.69) is 0 Å². The average molecular weight is 415 g/mol. The van der Waals surface area contributed by atoms with E-state index in [1.807, 2.05) is 0 Å². The third kappa shape index (κ3) is 2.96. The van der Waals surface area contributed by atoms with E-state index >= 15 is 0 Å². The molecule has 0 radical (unpaired) electrons. The van der Waals surface area contributed by atoms with E-state index in [0.717, 1.165) is 16.8 Å². The van der Waals surface area contributed by atoms with Crippen molar-refractivity contribution in [3.63, 3.8) is 0 Å². The van der Waals surface area contributed by atoms with E-state index in [4.69, 9.17) is 4.42 Å². The first-order chi connectivity index (χ1) is 13.9. The van der Waals surface area contributed by atoms with Crippen molar-refractivity contribution >= 4 is 27.5 Å². The molecule has 0 bridgehead atoms. The van der Waals surface area contributed by atoms with Crippen LogP contribution in [0, 0.1) is 0 Å². The number of anilines is 1. The first-order valence-corrected chi connectivity index (χ1v) is 11.2. The van der Waals surface area contributed by atoms with E-state index < -0.39 is 10.0 Å². The number of carbonyl (C=O) groups is 2. The Labute approximate surface area is 168 Å². The van der Waals surface area contributed by atoms with Crippen LogP contribution in [0.25, 0.3) is 0 Å². The van der Waals surface area contributed by atoms with Crippen molar-refractivity contribution in [2.24, 2.45) is 0 Å². The van der Waals surface area contributed by atoms with Gasteiger partial charge in [-0.15, -0.1) is 0 Å². The summed E-state index contributed by atoms with van der Waals surface area (Å²) in [7, 11) is -3.66. The summed E-state index contributed by atoms with van der Waals surface area (Å²) in [6.45, 7) is 1.74. The topological polar surface area (TPSA) is 91.1 Å². The minimum Gasteiger partial charge on any atom is -0.459 e. The molecule has 8 nitrogen and oxygen atoms in total. The molecule has 3 aliphatic heterocycles. The van der Waals surface area contributed by atoms with Crippen molar-refractivity contribution < 1.29 is 22.4 Å². The van der Waals surface area contributed by atoms with Gasteiger partial charge in [-0.25, -0.2) is 8.42 Å². The van der Waals surface area contributed by atoms with Gasteiger partial charge >= 0.3 is 0 Å². The standard InChI is InChI=1S/C20H21N3O5S/c24-18-4-3-14-12-16(13-15-5-6-23(18)19(14)15)29(26,27)22-9-7-21(8-10-22)20(25)17-2-1-11-28-17/h1-2,11-13H,3-10H2. The number of amides is 2. The third-order valence-electron chi connectivity index (χ3n) is 5.92. The Kier molecular flexibility index (Phi) is 4.25. The Bertz CT molecular complexity index is 1090. The predicted molar refractivity (Wildman–Crippen MR) is 104 cm³/mol. The van der Waals surface area contributed by atoms with E-state index in [-0.39, 0.29) is 35.6 Å². The summed E-state index contributed by atoms with van der Waals surface area (Å²) in [4.78, 5) is 28.2. The lowest BCUT2D eigenvalue weighted by Crippen LogP contribution is -2.50. The quantitative estimate of drug-likeness (QED) is 0.753. The minimum atomic E-state index is -3.66. The van der Waals surface area contributed by atoms with Crippen molar-refractivity contribution in [2.75, 3.05) is 37.6 Å². The summed E-state index contributed by atoms with van der Waals surface area (Å²) >= 11 is 0. The van der Waals surface area contributed by atoms with Gasteiger partial charge in [0.2, 0.25) is 15.9 Å². The van der Waals surface area contributed by atoms with Crippen LogP contribution in [0.1, 0.15) is 28.1 Å². The lowest BCUT2D eigenvalue weighted by Gasteiger charge is -2.34. The summed E-state index contributed by atoms with van der Waals surface area (Å²) in [6, 6.07) is 6.70. The number of nitrogens with zero attached hydrogens (tertiary/aromatic N) is 3. The first kappa shape index (κ1) is 18.4. The normalized spacial score (nSPS) is 19.5. The fourth-order valence-corrected chi connectivity index (χ4v) is 5.94. The molecule has 4 heterocycles. The molecule has 9 heteroatoms. The molecule has 5 rings (SSSR count). The number of sulfonamides is 1. The van der Waals surface area contributed by atoms with Gasteiger partial charge in [0.15, 0.2) is 5.76 Å². The zero-order valence-corrected chi connectivity index (χ0v) is 16.7. The summed E-state index contributed by atoms with van der Waals surface area (Å²) < 4.78 is 33.1. The summed E-state index contributed by atoms with van der Waals surface area (Å²) in [5.74, 6) is 0.154. The fraction of sp³-hybridized carbons (Fsp3) is 0.400. The molecule has 1 aromatic carbocycles. The highest BCUT2D eigenvalue weighted by Gasteiger charge is 2.35. The molecule has 0 aliphatic carbocycles.